The Morgan fingerprint density at radius 2 is 1.88 bits per heavy atom. The van der Waals surface area contributed by atoms with E-state index in [1.165, 1.54) is 4.70 Å². The zero-order valence-corrected chi connectivity index (χ0v) is 15.3. The normalized spacial score (nSPS) is 17.0. The van der Waals surface area contributed by atoms with Gasteiger partial charge < -0.3 is 10.6 Å². The number of carbonyl (C=O) groups excluding carboxylic acids is 2. The van der Waals surface area contributed by atoms with Crippen LogP contribution in [0.5, 0.6) is 0 Å². The van der Waals surface area contributed by atoms with Gasteiger partial charge in [0, 0.05) is 12.1 Å². The SMILES string of the molecule is Cc1nc2cc(-c3ccc(C(=O)N4CCC[C@H]4C(N)=O)cc3)ccc2s1. The first-order chi connectivity index (χ1) is 12.5. The van der Waals surface area contributed by atoms with E-state index in [1.54, 1.807) is 16.2 Å². The van der Waals surface area contributed by atoms with Crippen LogP contribution in [-0.4, -0.2) is 34.3 Å². The first-order valence-electron chi connectivity index (χ1n) is 8.61. The molecule has 1 fully saturated rings. The van der Waals surface area contributed by atoms with E-state index in [2.05, 4.69) is 23.2 Å². The Bertz CT molecular complexity index is 994. The number of aryl methyl sites for hydroxylation is 1. The third-order valence-electron chi connectivity index (χ3n) is 4.80. The number of rotatable bonds is 3. The molecule has 1 aliphatic heterocycles. The molecular formula is C20H19N3O2S. The summed E-state index contributed by atoms with van der Waals surface area (Å²) in [4.78, 5) is 30.3. The van der Waals surface area contributed by atoms with Gasteiger partial charge in [0.05, 0.1) is 15.2 Å². The van der Waals surface area contributed by atoms with Gasteiger partial charge in [-0.05, 0) is 55.2 Å². The molecule has 26 heavy (non-hydrogen) atoms. The summed E-state index contributed by atoms with van der Waals surface area (Å²) >= 11 is 1.68. The summed E-state index contributed by atoms with van der Waals surface area (Å²) in [5.74, 6) is -0.567. The Hall–Kier alpha value is -2.73. The number of hydrogen-bond acceptors (Lipinski definition) is 4. The highest BCUT2D eigenvalue weighted by Gasteiger charge is 2.33. The molecule has 1 aromatic heterocycles. The monoisotopic (exact) mass is 365 g/mol. The number of aromatic nitrogens is 1. The third kappa shape index (κ3) is 2.97. The number of benzene rings is 2. The van der Waals surface area contributed by atoms with Crippen LogP contribution in [0.4, 0.5) is 0 Å². The van der Waals surface area contributed by atoms with Gasteiger partial charge >= 0.3 is 0 Å². The van der Waals surface area contributed by atoms with Crippen LogP contribution in [0.25, 0.3) is 21.3 Å². The molecule has 1 aliphatic rings. The maximum atomic E-state index is 12.7. The summed E-state index contributed by atoms with van der Waals surface area (Å²) in [5, 5.41) is 1.05. The van der Waals surface area contributed by atoms with Crippen LogP contribution in [0.2, 0.25) is 0 Å². The predicted octanol–water partition coefficient (Wildman–Crippen LogP) is 3.36. The minimum Gasteiger partial charge on any atom is -0.368 e. The van der Waals surface area contributed by atoms with Crippen LogP contribution >= 0.6 is 11.3 Å². The van der Waals surface area contributed by atoms with E-state index in [9.17, 15) is 9.59 Å². The van der Waals surface area contributed by atoms with Gasteiger partial charge in [-0.2, -0.15) is 0 Å². The van der Waals surface area contributed by atoms with Crippen LogP contribution in [-0.2, 0) is 4.79 Å². The molecule has 0 spiro atoms. The van der Waals surface area contributed by atoms with E-state index in [-0.39, 0.29) is 5.91 Å². The Morgan fingerprint density at radius 1 is 1.15 bits per heavy atom. The molecule has 3 aromatic rings. The number of nitrogens with zero attached hydrogens (tertiary/aromatic N) is 2. The summed E-state index contributed by atoms with van der Waals surface area (Å²) in [5.41, 5.74) is 9.08. The molecular weight excluding hydrogens is 346 g/mol. The zero-order valence-electron chi connectivity index (χ0n) is 14.4. The molecule has 1 saturated heterocycles. The first kappa shape index (κ1) is 16.7. The number of fused-ring (bicyclic) bond motifs is 1. The average Bonchev–Trinajstić information content (AvgIpc) is 3.26. The molecule has 132 valence electrons. The van der Waals surface area contributed by atoms with Gasteiger partial charge in [0.1, 0.15) is 6.04 Å². The van der Waals surface area contributed by atoms with Crippen LogP contribution in [0.15, 0.2) is 42.5 Å². The standard InChI is InChI=1S/C20H19N3O2S/c1-12-22-16-11-15(8-9-18(16)26-12)13-4-6-14(7-5-13)20(25)23-10-2-3-17(23)19(21)24/h4-9,11,17H,2-3,10H2,1H3,(H2,21,24)/t17-/m0/s1. The fourth-order valence-electron chi connectivity index (χ4n) is 3.50. The van der Waals surface area contributed by atoms with Crippen LogP contribution in [0.3, 0.4) is 0 Å². The zero-order chi connectivity index (χ0) is 18.3. The minimum absolute atomic E-state index is 0.136. The molecule has 0 bridgehead atoms. The molecule has 0 saturated carbocycles. The highest BCUT2D eigenvalue weighted by atomic mass is 32.1. The second kappa shape index (κ2) is 6.53. The topological polar surface area (TPSA) is 76.3 Å². The van der Waals surface area contributed by atoms with Crippen molar-refractivity contribution >= 4 is 33.4 Å². The van der Waals surface area contributed by atoms with E-state index in [0.717, 1.165) is 28.1 Å². The van der Waals surface area contributed by atoms with Gasteiger partial charge in [-0.25, -0.2) is 4.98 Å². The first-order valence-corrected chi connectivity index (χ1v) is 9.42. The van der Waals surface area contributed by atoms with E-state index >= 15 is 0 Å². The summed E-state index contributed by atoms with van der Waals surface area (Å²) < 4.78 is 1.17. The van der Waals surface area contributed by atoms with E-state index in [4.69, 9.17) is 5.73 Å². The fourth-order valence-corrected chi connectivity index (χ4v) is 4.31. The lowest BCUT2D eigenvalue weighted by molar-refractivity contribution is -0.121. The summed E-state index contributed by atoms with van der Waals surface area (Å²) in [6.07, 6.45) is 1.46. The molecule has 2 amide bonds. The second-order valence-electron chi connectivity index (χ2n) is 6.55. The number of hydrogen-bond donors (Lipinski definition) is 1. The van der Waals surface area contributed by atoms with E-state index in [1.807, 2.05) is 31.2 Å². The van der Waals surface area contributed by atoms with Crippen molar-refractivity contribution in [2.45, 2.75) is 25.8 Å². The van der Waals surface area contributed by atoms with Crippen molar-refractivity contribution in [1.82, 2.24) is 9.88 Å². The lowest BCUT2D eigenvalue weighted by Gasteiger charge is -2.22. The maximum Gasteiger partial charge on any atom is 0.254 e. The van der Waals surface area contributed by atoms with Gasteiger partial charge in [-0.1, -0.05) is 18.2 Å². The third-order valence-corrected chi connectivity index (χ3v) is 5.75. The van der Waals surface area contributed by atoms with Crippen molar-refractivity contribution in [3.63, 3.8) is 0 Å². The Labute approximate surface area is 155 Å². The Balaban J connectivity index is 1.59. The molecule has 2 N–H and O–H groups in total. The van der Waals surface area contributed by atoms with Gasteiger partial charge in [-0.3, -0.25) is 9.59 Å². The van der Waals surface area contributed by atoms with Gasteiger partial charge in [-0.15, -0.1) is 11.3 Å². The lowest BCUT2D eigenvalue weighted by atomic mass is 10.0. The molecule has 5 nitrogen and oxygen atoms in total. The van der Waals surface area contributed by atoms with Crippen LogP contribution in [0.1, 0.15) is 28.2 Å². The molecule has 0 aliphatic carbocycles. The second-order valence-corrected chi connectivity index (χ2v) is 7.79. The molecule has 4 rings (SSSR count). The van der Waals surface area contributed by atoms with Gasteiger partial charge in [0.2, 0.25) is 5.91 Å². The minimum atomic E-state index is -0.488. The summed E-state index contributed by atoms with van der Waals surface area (Å²) in [6.45, 7) is 2.58. The quantitative estimate of drug-likeness (QED) is 0.773. The van der Waals surface area contributed by atoms with Gasteiger partial charge in [0.25, 0.3) is 5.91 Å². The molecule has 2 aromatic carbocycles. The average molecular weight is 365 g/mol. The van der Waals surface area contributed by atoms with Gasteiger partial charge in [0.15, 0.2) is 0 Å². The number of thiazole rings is 1. The molecule has 2 heterocycles. The van der Waals surface area contributed by atoms with Crippen molar-refractivity contribution < 1.29 is 9.59 Å². The Kier molecular flexibility index (Phi) is 4.20. The molecule has 0 unspecified atom stereocenters. The fraction of sp³-hybridized carbons (Fsp3) is 0.250. The number of nitrogens with two attached hydrogens (primary N) is 1. The molecule has 6 heteroatoms. The number of carbonyl (C=O) groups is 2. The van der Waals surface area contributed by atoms with Crippen LogP contribution < -0.4 is 5.73 Å². The van der Waals surface area contributed by atoms with Crippen molar-refractivity contribution in [3.05, 3.63) is 53.0 Å². The maximum absolute atomic E-state index is 12.7. The van der Waals surface area contributed by atoms with Crippen LogP contribution in [0, 0.1) is 6.92 Å². The highest BCUT2D eigenvalue weighted by Crippen LogP contribution is 2.28. The van der Waals surface area contributed by atoms with Crippen molar-refractivity contribution in [1.29, 1.82) is 0 Å². The highest BCUT2D eigenvalue weighted by molar-refractivity contribution is 7.18. The number of likely N-dealkylation sites (tertiary alicyclic amines) is 1. The summed E-state index contributed by atoms with van der Waals surface area (Å²) in [6, 6.07) is 13.2. The van der Waals surface area contributed by atoms with E-state index in [0.29, 0.717) is 18.5 Å². The summed E-state index contributed by atoms with van der Waals surface area (Å²) in [7, 11) is 0. The molecule has 0 radical (unpaired) electrons. The van der Waals surface area contributed by atoms with E-state index < -0.39 is 11.9 Å². The van der Waals surface area contributed by atoms with Crippen molar-refractivity contribution in [3.8, 4) is 11.1 Å². The van der Waals surface area contributed by atoms with Crippen molar-refractivity contribution in [2.24, 2.45) is 5.73 Å². The lowest BCUT2D eigenvalue weighted by Crippen LogP contribution is -2.43. The number of amides is 2. The number of primary amides is 1. The van der Waals surface area contributed by atoms with Crippen molar-refractivity contribution in [2.75, 3.05) is 6.54 Å². The molecule has 1 atom stereocenters. The largest absolute Gasteiger partial charge is 0.368 e. The predicted molar refractivity (Wildman–Crippen MR) is 103 cm³/mol. The smallest absolute Gasteiger partial charge is 0.254 e. The Morgan fingerprint density at radius 3 is 2.62 bits per heavy atom.